The number of nitrogens with one attached hydrogen (secondary N) is 1. The second kappa shape index (κ2) is 7.99. The Morgan fingerprint density at radius 1 is 1.00 bits per heavy atom. The number of amides is 1. The summed E-state index contributed by atoms with van der Waals surface area (Å²) in [4.78, 5) is 25.9. The summed E-state index contributed by atoms with van der Waals surface area (Å²) in [6.45, 7) is 5.90. The molecule has 0 saturated heterocycles. The average molecular weight is 400 g/mol. The van der Waals surface area contributed by atoms with Crippen LogP contribution in [0.5, 0.6) is 0 Å². The Balaban J connectivity index is 1.66. The molecule has 0 spiro atoms. The molecular formula is C24H24N4O2. The predicted octanol–water partition coefficient (Wildman–Crippen LogP) is 3.68. The molecule has 0 fully saturated rings. The van der Waals surface area contributed by atoms with Crippen molar-refractivity contribution >= 4 is 16.7 Å². The number of para-hydroxylation sites is 1. The number of aromatic nitrogens is 3. The van der Waals surface area contributed by atoms with Gasteiger partial charge in [-0.15, -0.1) is 0 Å². The van der Waals surface area contributed by atoms with E-state index in [0.717, 1.165) is 22.3 Å². The smallest absolute Gasteiger partial charge is 0.281 e. The normalized spacial score (nSPS) is 12.1. The third-order valence-electron chi connectivity index (χ3n) is 5.52. The number of nitrogens with zero attached hydrogens (tertiary/aromatic N) is 3. The summed E-state index contributed by atoms with van der Waals surface area (Å²) in [5.41, 5.74) is 3.20. The minimum Gasteiger partial charge on any atom is -0.348 e. The van der Waals surface area contributed by atoms with Gasteiger partial charge in [0, 0.05) is 16.8 Å². The van der Waals surface area contributed by atoms with E-state index in [1.807, 2.05) is 86.0 Å². The van der Waals surface area contributed by atoms with Gasteiger partial charge in [0.2, 0.25) is 5.91 Å². The standard InChI is InChI=1S/C24H24N4O2/c1-16(19-10-6-4-7-11-19)26-22(29)15-27-17(2)21-14-25-28(20-12-8-5-9-13-20)24(30)23(21)18(27)3/h4-14,16H,15H2,1-3H3,(H,26,29)/t16-/m1/s1. The third-order valence-corrected chi connectivity index (χ3v) is 5.52. The van der Waals surface area contributed by atoms with Crippen LogP contribution < -0.4 is 10.9 Å². The van der Waals surface area contributed by atoms with Crippen molar-refractivity contribution < 1.29 is 4.79 Å². The fraction of sp³-hybridized carbons (Fsp3) is 0.208. The zero-order chi connectivity index (χ0) is 21.3. The highest BCUT2D eigenvalue weighted by molar-refractivity contribution is 5.88. The Hall–Kier alpha value is -3.67. The summed E-state index contributed by atoms with van der Waals surface area (Å²) in [7, 11) is 0. The van der Waals surface area contributed by atoms with Gasteiger partial charge in [0.25, 0.3) is 5.56 Å². The highest BCUT2D eigenvalue weighted by atomic mass is 16.2. The molecule has 0 saturated carbocycles. The Kier molecular flexibility index (Phi) is 5.23. The third kappa shape index (κ3) is 3.52. The van der Waals surface area contributed by atoms with E-state index in [1.165, 1.54) is 4.68 Å². The highest BCUT2D eigenvalue weighted by Gasteiger charge is 2.19. The molecule has 2 aromatic carbocycles. The lowest BCUT2D eigenvalue weighted by atomic mass is 10.1. The van der Waals surface area contributed by atoms with Gasteiger partial charge in [-0.2, -0.15) is 9.78 Å². The quantitative estimate of drug-likeness (QED) is 0.556. The van der Waals surface area contributed by atoms with Crippen LogP contribution in [0, 0.1) is 13.8 Å². The Morgan fingerprint density at radius 3 is 2.30 bits per heavy atom. The van der Waals surface area contributed by atoms with E-state index >= 15 is 0 Å². The summed E-state index contributed by atoms with van der Waals surface area (Å²) in [6.07, 6.45) is 1.70. The van der Waals surface area contributed by atoms with Gasteiger partial charge < -0.3 is 9.88 Å². The van der Waals surface area contributed by atoms with E-state index in [0.29, 0.717) is 11.1 Å². The van der Waals surface area contributed by atoms with Crippen LogP contribution in [0.1, 0.15) is 29.9 Å². The van der Waals surface area contributed by atoms with Gasteiger partial charge in [0.05, 0.1) is 23.3 Å². The zero-order valence-corrected chi connectivity index (χ0v) is 17.3. The van der Waals surface area contributed by atoms with Crippen molar-refractivity contribution in [3.63, 3.8) is 0 Å². The summed E-state index contributed by atoms with van der Waals surface area (Å²) >= 11 is 0. The van der Waals surface area contributed by atoms with Crippen molar-refractivity contribution in [1.29, 1.82) is 0 Å². The average Bonchev–Trinajstić information content (AvgIpc) is 3.00. The van der Waals surface area contributed by atoms with Crippen LogP contribution in [0.25, 0.3) is 16.5 Å². The molecule has 0 aliphatic heterocycles. The first-order valence-corrected chi connectivity index (χ1v) is 9.95. The number of benzene rings is 2. The Labute approximate surface area is 174 Å². The molecule has 0 bridgehead atoms. The molecule has 2 aromatic heterocycles. The molecule has 30 heavy (non-hydrogen) atoms. The van der Waals surface area contributed by atoms with E-state index in [2.05, 4.69) is 10.4 Å². The lowest BCUT2D eigenvalue weighted by Crippen LogP contribution is -2.30. The van der Waals surface area contributed by atoms with Gasteiger partial charge in [0.15, 0.2) is 0 Å². The maximum absolute atomic E-state index is 13.2. The van der Waals surface area contributed by atoms with Gasteiger partial charge in [0.1, 0.15) is 6.54 Å². The van der Waals surface area contributed by atoms with Crippen LogP contribution in [0.2, 0.25) is 0 Å². The van der Waals surface area contributed by atoms with Crippen molar-refractivity contribution in [2.45, 2.75) is 33.4 Å². The molecule has 1 atom stereocenters. The van der Waals surface area contributed by atoms with Crippen molar-refractivity contribution in [2.75, 3.05) is 0 Å². The number of hydrogen-bond acceptors (Lipinski definition) is 3. The molecule has 0 radical (unpaired) electrons. The van der Waals surface area contributed by atoms with Crippen molar-refractivity contribution in [3.05, 3.63) is 94.2 Å². The minimum atomic E-state index is -0.184. The molecule has 4 rings (SSSR count). The molecule has 152 valence electrons. The molecule has 6 heteroatoms. The number of carbonyl (C=O) groups is 1. The number of rotatable bonds is 5. The molecule has 1 N–H and O–H groups in total. The molecule has 0 aliphatic carbocycles. The van der Waals surface area contributed by atoms with Gasteiger partial charge in [-0.25, -0.2) is 0 Å². The van der Waals surface area contributed by atoms with E-state index < -0.39 is 0 Å². The van der Waals surface area contributed by atoms with Crippen LogP contribution in [-0.2, 0) is 11.3 Å². The molecule has 1 amide bonds. The molecule has 0 unspecified atom stereocenters. The lowest BCUT2D eigenvalue weighted by Gasteiger charge is -2.16. The zero-order valence-electron chi connectivity index (χ0n) is 17.3. The van der Waals surface area contributed by atoms with E-state index in [1.54, 1.807) is 6.20 Å². The second-order valence-corrected chi connectivity index (χ2v) is 7.44. The Bertz CT molecular complexity index is 1260. The fourth-order valence-corrected chi connectivity index (χ4v) is 3.86. The van der Waals surface area contributed by atoms with Crippen LogP contribution in [0.4, 0.5) is 0 Å². The SMILES string of the molecule is Cc1c2cnn(-c3ccccc3)c(=O)c2c(C)n1CC(=O)N[C@H](C)c1ccccc1. The number of carbonyl (C=O) groups excluding carboxylic acids is 1. The first kappa shape index (κ1) is 19.6. The van der Waals surface area contributed by atoms with Gasteiger partial charge >= 0.3 is 0 Å². The summed E-state index contributed by atoms with van der Waals surface area (Å²) in [6, 6.07) is 19.1. The van der Waals surface area contributed by atoms with Crippen LogP contribution in [0.3, 0.4) is 0 Å². The summed E-state index contributed by atoms with van der Waals surface area (Å²) < 4.78 is 3.28. The largest absolute Gasteiger partial charge is 0.348 e. The monoisotopic (exact) mass is 400 g/mol. The first-order valence-electron chi connectivity index (χ1n) is 9.95. The predicted molar refractivity (Wildman–Crippen MR) is 118 cm³/mol. The molecular weight excluding hydrogens is 376 g/mol. The highest BCUT2D eigenvalue weighted by Crippen LogP contribution is 2.22. The van der Waals surface area contributed by atoms with Crippen LogP contribution in [-0.4, -0.2) is 20.3 Å². The topological polar surface area (TPSA) is 68.9 Å². The summed E-state index contributed by atoms with van der Waals surface area (Å²) in [5, 5.41) is 8.75. The first-order chi connectivity index (χ1) is 14.5. The maximum atomic E-state index is 13.2. The number of hydrogen-bond donors (Lipinski definition) is 1. The maximum Gasteiger partial charge on any atom is 0.281 e. The fourth-order valence-electron chi connectivity index (χ4n) is 3.86. The molecule has 2 heterocycles. The van der Waals surface area contributed by atoms with E-state index in [4.69, 9.17) is 0 Å². The number of aryl methyl sites for hydroxylation is 2. The van der Waals surface area contributed by atoms with Gasteiger partial charge in [-0.1, -0.05) is 48.5 Å². The van der Waals surface area contributed by atoms with Crippen molar-refractivity contribution in [1.82, 2.24) is 19.7 Å². The Morgan fingerprint density at radius 2 is 1.63 bits per heavy atom. The molecule has 6 nitrogen and oxygen atoms in total. The minimum absolute atomic E-state index is 0.0961. The second-order valence-electron chi connectivity index (χ2n) is 7.44. The van der Waals surface area contributed by atoms with Crippen molar-refractivity contribution in [3.8, 4) is 5.69 Å². The van der Waals surface area contributed by atoms with E-state index in [9.17, 15) is 9.59 Å². The van der Waals surface area contributed by atoms with Crippen molar-refractivity contribution in [2.24, 2.45) is 0 Å². The number of fused-ring (bicyclic) bond motifs is 1. The van der Waals surface area contributed by atoms with Crippen LogP contribution in [0.15, 0.2) is 71.7 Å². The molecule has 0 aliphatic rings. The van der Waals surface area contributed by atoms with Gasteiger partial charge in [-0.3, -0.25) is 9.59 Å². The molecule has 4 aromatic rings. The lowest BCUT2D eigenvalue weighted by molar-refractivity contribution is -0.122. The van der Waals surface area contributed by atoms with Crippen LogP contribution >= 0.6 is 0 Å². The van der Waals surface area contributed by atoms with E-state index in [-0.39, 0.29) is 24.1 Å². The van der Waals surface area contributed by atoms with Gasteiger partial charge in [-0.05, 0) is 38.5 Å². The summed E-state index contributed by atoms with van der Waals surface area (Å²) in [5.74, 6) is -0.103.